The van der Waals surface area contributed by atoms with E-state index in [2.05, 4.69) is 77.3 Å². The Kier molecular flexibility index (Phi) is 7.19. The number of nitrogens with one attached hydrogen (secondary N) is 1. The van der Waals surface area contributed by atoms with Crippen LogP contribution in [-0.4, -0.2) is 19.7 Å². The van der Waals surface area contributed by atoms with E-state index in [0.29, 0.717) is 6.04 Å². The first-order valence-corrected chi connectivity index (χ1v) is 8.86. The van der Waals surface area contributed by atoms with Crippen LogP contribution in [0.4, 0.5) is 0 Å². The summed E-state index contributed by atoms with van der Waals surface area (Å²) >= 11 is 2.40. The molecule has 0 heterocycles. The highest BCUT2D eigenvalue weighted by Crippen LogP contribution is 2.20. The Labute approximate surface area is 147 Å². The lowest BCUT2D eigenvalue weighted by Crippen LogP contribution is -2.29. The third kappa shape index (κ3) is 5.61. The molecule has 3 heteroatoms. The predicted octanol–water partition coefficient (Wildman–Crippen LogP) is 4.45. The van der Waals surface area contributed by atoms with Crippen LogP contribution in [0, 0.1) is 3.57 Å². The molecular weight excluding hydrogens is 385 g/mol. The molecule has 118 valence electrons. The number of rotatable bonds is 8. The summed E-state index contributed by atoms with van der Waals surface area (Å²) < 4.78 is 6.62. The van der Waals surface area contributed by atoms with Gasteiger partial charge >= 0.3 is 0 Å². The van der Waals surface area contributed by atoms with Gasteiger partial charge in [0.1, 0.15) is 5.75 Å². The molecule has 0 aromatic heterocycles. The van der Waals surface area contributed by atoms with Crippen molar-refractivity contribution < 1.29 is 4.74 Å². The molecule has 0 radical (unpaired) electrons. The predicted molar refractivity (Wildman–Crippen MR) is 102 cm³/mol. The zero-order valence-electron chi connectivity index (χ0n) is 13.3. The van der Waals surface area contributed by atoms with E-state index in [1.165, 1.54) is 21.1 Å². The van der Waals surface area contributed by atoms with Gasteiger partial charge in [-0.1, -0.05) is 30.3 Å². The average molecular weight is 409 g/mol. The molecule has 2 rings (SSSR count). The summed E-state index contributed by atoms with van der Waals surface area (Å²) in [4.78, 5) is 0. The SMILES string of the molecule is COc1ccc(I)c(C[C@H](C)NCCCc2ccccc2)c1. The van der Waals surface area contributed by atoms with Gasteiger partial charge in [0.05, 0.1) is 7.11 Å². The van der Waals surface area contributed by atoms with E-state index >= 15 is 0 Å². The maximum absolute atomic E-state index is 5.32. The molecule has 0 saturated heterocycles. The molecule has 1 N–H and O–H groups in total. The van der Waals surface area contributed by atoms with Crippen molar-refractivity contribution >= 4 is 22.6 Å². The lowest BCUT2D eigenvalue weighted by Gasteiger charge is -2.15. The van der Waals surface area contributed by atoms with Crippen LogP contribution in [0.15, 0.2) is 48.5 Å². The molecule has 0 amide bonds. The van der Waals surface area contributed by atoms with Crippen LogP contribution < -0.4 is 10.1 Å². The van der Waals surface area contributed by atoms with Crippen LogP contribution in [0.25, 0.3) is 0 Å². The van der Waals surface area contributed by atoms with Crippen molar-refractivity contribution in [2.45, 2.75) is 32.2 Å². The van der Waals surface area contributed by atoms with Crippen molar-refractivity contribution in [2.75, 3.05) is 13.7 Å². The Balaban J connectivity index is 1.75. The minimum absolute atomic E-state index is 0.469. The maximum atomic E-state index is 5.32. The quantitative estimate of drug-likeness (QED) is 0.514. The summed E-state index contributed by atoms with van der Waals surface area (Å²) in [7, 11) is 1.72. The average Bonchev–Trinajstić information content (AvgIpc) is 2.54. The monoisotopic (exact) mass is 409 g/mol. The van der Waals surface area contributed by atoms with Crippen molar-refractivity contribution in [3.05, 3.63) is 63.2 Å². The molecule has 0 saturated carbocycles. The third-order valence-corrected chi connectivity index (χ3v) is 4.81. The van der Waals surface area contributed by atoms with Gasteiger partial charge in [-0.15, -0.1) is 0 Å². The van der Waals surface area contributed by atoms with Crippen molar-refractivity contribution in [1.82, 2.24) is 5.32 Å². The molecule has 2 aromatic carbocycles. The second-order valence-corrected chi connectivity index (χ2v) is 6.77. The first-order valence-electron chi connectivity index (χ1n) is 7.79. The van der Waals surface area contributed by atoms with Crippen molar-refractivity contribution in [1.29, 1.82) is 0 Å². The zero-order chi connectivity index (χ0) is 15.8. The van der Waals surface area contributed by atoms with Crippen molar-refractivity contribution in [2.24, 2.45) is 0 Å². The molecule has 0 aliphatic rings. The Bertz CT molecular complexity index is 571. The smallest absolute Gasteiger partial charge is 0.119 e. The summed E-state index contributed by atoms with van der Waals surface area (Å²) in [6.07, 6.45) is 3.33. The van der Waals surface area contributed by atoms with Gasteiger partial charge < -0.3 is 10.1 Å². The van der Waals surface area contributed by atoms with Gasteiger partial charge in [0, 0.05) is 9.61 Å². The maximum Gasteiger partial charge on any atom is 0.119 e. The van der Waals surface area contributed by atoms with Crippen LogP contribution in [-0.2, 0) is 12.8 Å². The fourth-order valence-corrected chi connectivity index (χ4v) is 3.08. The summed E-state index contributed by atoms with van der Waals surface area (Å²) in [6, 6.07) is 17.4. The lowest BCUT2D eigenvalue weighted by molar-refractivity contribution is 0.413. The Morgan fingerprint density at radius 2 is 1.91 bits per heavy atom. The highest BCUT2D eigenvalue weighted by atomic mass is 127. The molecule has 2 nitrogen and oxygen atoms in total. The van der Waals surface area contributed by atoms with Gasteiger partial charge in [-0.05, 0) is 84.6 Å². The van der Waals surface area contributed by atoms with E-state index in [1.54, 1.807) is 7.11 Å². The molecule has 22 heavy (non-hydrogen) atoms. The van der Waals surface area contributed by atoms with Gasteiger partial charge in [-0.3, -0.25) is 0 Å². The Morgan fingerprint density at radius 1 is 1.14 bits per heavy atom. The Hall–Kier alpha value is -1.07. The molecule has 0 aliphatic carbocycles. The van der Waals surface area contributed by atoms with E-state index in [4.69, 9.17) is 4.74 Å². The molecule has 2 aromatic rings. The summed E-state index contributed by atoms with van der Waals surface area (Å²) in [5.41, 5.74) is 2.77. The molecule has 0 aliphatic heterocycles. The first-order chi connectivity index (χ1) is 10.7. The summed E-state index contributed by atoms with van der Waals surface area (Å²) in [5, 5.41) is 3.62. The number of methoxy groups -OCH3 is 1. The van der Waals surface area contributed by atoms with Crippen molar-refractivity contribution in [3.63, 3.8) is 0 Å². The van der Waals surface area contributed by atoms with Crippen LogP contribution in [0.3, 0.4) is 0 Å². The normalized spacial score (nSPS) is 12.1. The van der Waals surface area contributed by atoms with Crippen molar-refractivity contribution in [3.8, 4) is 5.75 Å². The molecule has 1 atom stereocenters. The largest absolute Gasteiger partial charge is 0.497 e. The van der Waals surface area contributed by atoms with E-state index < -0.39 is 0 Å². The number of aryl methyl sites for hydroxylation is 1. The van der Waals surface area contributed by atoms with E-state index in [0.717, 1.165) is 25.1 Å². The highest BCUT2D eigenvalue weighted by Gasteiger charge is 2.07. The minimum Gasteiger partial charge on any atom is -0.497 e. The van der Waals surface area contributed by atoms with Gasteiger partial charge in [0.2, 0.25) is 0 Å². The molecule has 0 spiro atoms. The molecule has 0 bridgehead atoms. The topological polar surface area (TPSA) is 21.3 Å². The lowest BCUT2D eigenvalue weighted by atomic mass is 10.1. The van der Waals surface area contributed by atoms with E-state index in [1.807, 2.05) is 6.07 Å². The second kappa shape index (κ2) is 9.16. The van der Waals surface area contributed by atoms with Crippen LogP contribution in [0.2, 0.25) is 0 Å². The molecule has 0 fully saturated rings. The first kappa shape index (κ1) is 17.3. The van der Waals surface area contributed by atoms with E-state index in [-0.39, 0.29) is 0 Å². The minimum atomic E-state index is 0.469. The number of halogens is 1. The van der Waals surface area contributed by atoms with Crippen LogP contribution >= 0.6 is 22.6 Å². The Morgan fingerprint density at radius 3 is 2.64 bits per heavy atom. The third-order valence-electron chi connectivity index (χ3n) is 3.76. The number of benzene rings is 2. The van der Waals surface area contributed by atoms with Gasteiger partial charge in [0.25, 0.3) is 0 Å². The van der Waals surface area contributed by atoms with Gasteiger partial charge in [0.15, 0.2) is 0 Å². The fraction of sp³-hybridized carbons (Fsp3) is 0.368. The molecule has 0 unspecified atom stereocenters. The highest BCUT2D eigenvalue weighted by molar-refractivity contribution is 14.1. The fourth-order valence-electron chi connectivity index (χ4n) is 2.52. The summed E-state index contributed by atoms with van der Waals surface area (Å²) in [5.74, 6) is 0.937. The van der Waals surface area contributed by atoms with Crippen LogP contribution in [0.1, 0.15) is 24.5 Å². The summed E-state index contributed by atoms with van der Waals surface area (Å²) in [6.45, 7) is 3.30. The van der Waals surface area contributed by atoms with E-state index in [9.17, 15) is 0 Å². The van der Waals surface area contributed by atoms with Gasteiger partial charge in [-0.25, -0.2) is 0 Å². The number of hydrogen-bond donors (Lipinski definition) is 1. The van der Waals surface area contributed by atoms with Gasteiger partial charge in [-0.2, -0.15) is 0 Å². The molecular formula is C19H24INO. The van der Waals surface area contributed by atoms with Crippen LogP contribution in [0.5, 0.6) is 5.75 Å². The number of ether oxygens (including phenoxy) is 1. The number of hydrogen-bond acceptors (Lipinski definition) is 2. The second-order valence-electron chi connectivity index (χ2n) is 5.61. The standard InChI is InChI=1S/C19H24INO/c1-15(13-17-14-18(22-2)10-11-19(17)20)21-12-6-9-16-7-4-3-5-8-16/h3-5,7-8,10-11,14-15,21H,6,9,12-13H2,1-2H3/t15-/m0/s1. The zero-order valence-corrected chi connectivity index (χ0v) is 15.5.